The smallest absolute Gasteiger partial charge is 0.226 e. The van der Waals surface area contributed by atoms with Gasteiger partial charge in [-0.05, 0) is 12.1 Å². The van der Waals surface area contributed by atoms with Crippen LogP contribution in [0.25, 0.3) is 0 Å². The average molecular weight is 252 g/mol. The normalized spacial score (nSPS) is 10.2. The van der Waals surface area contributed by atoms with E-state index in [1.165, 1.54) is 6.07 Å². The zero-order valence-electron chi connectivity index (χ0n) is 9.45. The highest BCUT2D eigenvalue weighted by molar-refractivity contribution is 5.43. The Bertz CT molecular complexity index is 577. The lowest BCUT2D eigenvalue weighted by molar-refractivity contribution is 0.422. The number of halogens is 2. The summed E-state index contributed by atoms with van der Waals surface area (Å²) in [6.45, 7) is 0. The first-order valence-electron chi connectivity index (χ1n) is 5.03. The number of nitrogen functional groups attached to an aromatic ring is 1. The quantitative estimate of drug-likeness (QED) is 0.875. The molecule has 1 heterocycles. The SMILES string of the molecule is CNc1cc(Oc2cc(F)ccc2F)nc(N)n1. The van der Waals surface area contributed by atoms with Crippen molar-refractivity contribution >= 4 is 11.8 Å². The number of nitrogens with one attached hydrogen (secondary N) is 1. The molecule has 0 saturated heterocycles. The highest BCUT2D eigenvalue weighted by Gasteiger charge is 2.09. The zero-order valence-corrected chi connectivity index (χ0v) is 9.45. The van der Waals surface area contributed by atoms with E-state index in [0.29, 0.717) is 5.82 Å². The molecule has 0 unspecified atom stereocenters. The fraction of sp³-hybridized carbons (Fsp3) is 0.0909. The molecule has 3 N–H and O–H groups in total. The third-order valence-electron chi connectivity index (χ3n) is 2.08. The van der Waals surface area contributed by atoms with Crippen LogP contribution in [0.4, 0.5) is 20.5 Å². The summed E-state index contributed by atoms with van der Waals surface area (Å²) in [7, 11) is 1.63. The molecule has 0 fully saturated rings. The Kier molecular flexibility index (Phi) is 3.22. The summed E-state index contributed by atoms with van der Waals surface area (Å²) in [5, 5.41) is 2.74. The lowest BCUT2D eigenvalue weighted by atomic mass is 10.3. The van der Waals surface area contributed by atoms with Crippen molar-refractivity contribution in [3.63, 3.8) is 0 Å². The van der Waals surface area contributed by atoms with Crippen LogP contribution in [-0.4, -0.2) is 17.0 Å². The van der Waals surface area contributed by atoms with Gasteiger partial charge in [0, 0.05) is 19.2 Å². The van der Waals surface area contributed by atoms with Crippen molar-refractivity contribution in [2.45, 2.75) is 0 Å². The maximum atomic E-state index is 13.4. The molecule has 1 aromatic carbocycles. The molecular weight excluding hydrogens is 242 g/mol. The first kappa shape index (κ1) is 12.0. The summed E-state index contributed by atoms with van der Waals surface area (Å²) < 4.78 is 31.4. The molecule has 18 heavy (non-hydrogen) atoms. The Hall–Kier alpha value is -2.44. The predicted octanol–water partition coefficient (Wildman–Crippen LogP) is 2.17. The summed E-state index contributed by atoms with van der Waals surface area (Å²) in [4.78, 5) is 7.60. The molecule has 2 rings (SSSR count). The molecule has 0 aliphatic heterocycles. The van der Waals surface area contributed by atoms with Crippen LogP contribution in [0, 0.1) is 11.6 Å². The topological polar surface area (TPSA) is 73.1 Å². The van der Waals surface area contributed by atoms with Crippen molar-refractivity contribution in [2.75, 3.05) is 18.1 Å². The summed E-state index contributed by atoms with van der Waals surface area (Å²) in [6.07, 6.45) is 0. The molecule has 0 aliphatic carbocycles. The fourth-order valence-electron chi connectivity index (χ4n) is 1.29. The number of rotatable bonds is 3. The molecule has 2 aromatic rings. The van der Waals surface area contributed by atoms with Gasteiger partial charge in [-0.2, -0.15) is 9.97 Å². The molecule has 7 heteroatoms. The van der Waals surface area contributed by atoms with Gasteiger partial charge in [-0.3, -0.25) is 0 Å². The van der Waals surface area contributed by atoms with Crippen LogP contribution in [0.3, 0.4) is 0 Å². The number of nitrogens with two attached hydrogens (primary N) is 1. The zero-order chi connectivity index (χ0) is 13.1. The maximum absolute atomic E-state index is 13.4. The van der Waals surface area contributed by atoms with E-state index < -0.39 is 11.6 Å². The largest absolute Gasteiger partial charge is 0.436 e. The van der Waals surface area contributed by atoms with Crippen LogP contribution in [0.1, 0.15) is 0 Å². The molecule has 1 aromatic heterocycles. The molecule has 0 amide bonds. The van der Waals surface area contributed by atoms with Crippen LogP contribution in [0.5, 0.6) is 11.6 Å². The number of anilines is 2. The molecule has 5 nitrogen and oxygen atoms in total. The number of ether oxygens (including phenoxy) is 1. The van der Waals surface area contributed by atoms with Gasteiger partial charge in [-0.1, -0.05) is 0 Å². The molecule has 0 radical (unpaired) electrons. The predicted molar refractivity (Wildman–Crippen MR) is 62.4 cm³/mol. The molecule has 0 saturated carbocycles. The Morgan fingerprint density at radius 1 is 1.22 bits per heavy atom. The van der Waals surface area contributed by atoms with E-state index in [9.17, 15) is 8.78 Å². The van der Waals surface area contributed by atoms with E-state index in [-0.39, 0.29) is 17.6 Å². The lowest BCUT2D eigenvalue weighted by Crippen LogP contribution is -2.01. The lowest BCUT2D eigenvalue weighted by Gasteiger charge is -2.08. The second kappa shape index (κ2) is 4.82. The van der Waals surface area contributed by atoms with Gasteiger partial charge < -0.3 is 15.8 Å². The van der Waals surface area contributed by atoms with Crippen LogP contribution in [0.15, 0.2) is 24.3 Å². The van der Waals surface area contributed by atoms with E-state index in [2.05, 4.69) is 15.3 Å². The third kappa shape index (κ3) is 2.62. The molecule has 0 atom stereocenters. The molecule has 0 bridgehead atoms. The van der Waals surface area contributed by atoms with Gasteiger partial charge in [0.1, 0.15) is 11.6 Å². The maximum Gasteiger partial charge on any atom is 0.226 e. The van der Waals surface area contributed by atoms with Crippen LogP contribution < -0.4 is 15.8 Å². The molecule has 0 aliphatic rings. The number of hydrogen-bond acceptors (Lipinski definition) is 5. The summed E-state index contributed by atoms with van der Waals surface area (Å²) >= 11 is 0. The minimum Gasteiger partial charge on any atom is -0.436 e. The Balaban J connectivity index is 2.33. The first-order chi connectivity index (χ1) is 8.58. The summed E-state index contributed by atoms with van der Waals surface area (Å²) in [6, 6.07) is 4.30. The standard InChI is InChI=1S/C11H10F2N4O/c1-15-9-5-10(17-11(14)16-9)18-8-4-6(12)2-3-7(8)13/h2-5H,1H3,(H3,14,15,16,17). The summed E-state index contributed by atoms with van der Waals surface area (Å²) in [5.41, 5.74) is 5.45. The first-order valence-corrected chi connectivity index (χ1v) is 5.03. The van der Waals surface area contributed by atoms with E-state index >= 15 is 0 Å². The van der Waals surface area contributed by atoms with Crippen molar-refractivity contribution in [1.29, 1.82) is 0 Å². The monoisotopic (exact) mass is 252 g/mol. The van der Waals surface area contributed by atoms with Gasteiger partial charge in [-0.25, -0.2) is 8.78 Å². The van der Waals surface area contributed by atoms with E-state index in [4.69, 9.17) is 10.5 Å². The molecular formula is C11H10F2N4O. The molecule has 94 valence electrons. The Labute approximate surface area is 102 Å². The third-order valence-corrected chi connectivity index (χ3v) is 2.08. The van der Waals surface area contributed by atoms with Gasteiger partial charge in [-0.15, -0.1) is 0 Å². The van der Waals surface area contributed by atoms with Gasteiger partial charge >= 0.3 is 0 Å². The number of hydrogen-bond donors (Lipinski definition) is 2. The van der Waals surface area contributed by atoms with Crippen LogP contribution >= 0.6 is 0 Å². The molecule has 0 spiro atoms. The van der Waals surface area contributed by atoms with Crippen molar-refractivity contribution in [3.8, 4) is 11.6 Å². The van der Waals surface area contributed by atoms with Gasteiger partial charge in [0.25, 0.3) is 0 Å². The minimum absolute atomic E-state index is 0.0244. The average Bonchev–Trinajstić information content (AvgIpc) is 2.33. The van der Waals surface area contributed by atoms with E-state index in [1.54, 1.807) is 7.05 Å². The highest BCUT2D eigenvalue weighted by atomic mass is 19.1. The number of nitrogens with zero attached hydrogens (tertiary/aromatic N) is 2. The van der Waals surface area contributed by atoms with Gasteiger partial charge in [0.2, 0.25) is 11.8 Å². The van der Waals surface area contributed by atoms with Crippen molar-refractivity contribution < 1.29 is 13.5 Å². The number of benzene rings is 1. The van der Waals surface area contributed by atoms with Gasteiger partial charge in [0.15, 0.2) is 11.6 Å². The Morgan fingerprint density at radius 2 is 2.00 bits per heavy atom. The summed E-state index contributed by atoms with van der Waals surface area (Å²) in [5.74, 6) is -1.17. The van der Waals surface area contributed by atoms with E-state index in [1.807, 2.05) is 0 Å². The minimum atomic E-state index is -0.695. The second-order valence-electron chi connectivity index (χ2n) is 3.38. The second-order valence-corrected chi connectivity index (χ2v) is 3.38. The highest BCUT2D eigenvalue weighted by Crippen LogP contribution is 2.25. The van der Waals surface area contributed by atoms with Crippen molar-refractivity contribution in [1.82, 2.24) is 9.97 Å². The van der Waals surface area contributed by atoms with Gasteiger partial charge in [0.05, 0.1) is 0 Å². The van der Waals surface area contributed by atoms with E-state index in [0.717, 1.165) is 18.2 Å². The van der Waals surface area contributed by atoms with Crippen LogP contribution in [-0.2, 0) is 0 Å². The van der Waals surface area contributed by atoms with Crippen molar-refractivity contribution in [2.24, 2.45) is 0 Å². The fourth-order valence-corrected chi connectivity index (χ4v) is 1.29. The Morgan fingerprint density at radius 3 is 2.72 bits per heavy atom. The van der Waals surface area contributed by atoms with Crippen LogP contribution in [0.2, 0.25) is 0 Å². The van der Waals surface area contributed by atoms with Crippen molar-refractivity contribution in [3.05, 3.63) is 35.9 Å². The number of aromatic nitrogens is 2.